The molecule has 5 rings (SSSR count). The van der Waals surface area contributed by atoms with Gasteiger partial charge in [-0.25, -0.2) is 0 Å². The van der Waals surface area contributed by atoms with Gasteiger partial charge in [0.1, 0.15) is 6.10 Å². The van der Waals surface area contributed by atoms with E-state index in [1.165, 1.54) is 50.5 Å². The zero-order valence-electron chi connectivity index (χ0n) is 18.4. The maximum atomic E-state index is 12.9. The Morgan fingerprint density at radius 1 is 0.931 bits per heavy atom. The summed E-state index contributed by atoms with van der Waals surface area (Å²) in [5.41, 5.74) is 1.83. The van der Waals surface area contributed by atoms with Gasteiger partial charge >= 0.3 is 5.97 Å². The lowest BCUT2D eigenvalue weighted by Crippen LogP contribution is -2.51. The number of ketones is 1. The minimum atomic E-state index is 0.102. The summed E-state index contributed by atoms with van der Waals surface area (Å²) < 4.78 is 6.25. The van der Waals surface area contributed by atoms with E-state index in [1.807, 2.05) is 6.08 Å². The fraction of sp³-hybridized carbons (Fsp3) is 0.846. The Labute approximate surface area is 176 Å². The van der Waals surface area contributed by atoms with Gasteiger partial charge in [0.15, 0.2) is 5.78 Å². The molecule has 4 fully saturated rings. The number of fused-ring (bicyclic) bond motifs is 5. The topological polar surface area (TPSA) is 43.4 Å². The van der Waals surface area contributed by atoms with Crippen LogP contribution >= 0.6 is 0 Å². The van der Waals surface area contributed by atoms with Crippen molar-refractivity contribution in [1.29, 1.82) is 0 Å². The maximum Gasteiger partial charge on any atom is 0.309 e. The van der Waals surface area contributed by atoms with Gasteiger partial charge in [-0.2, -0.15) is 0 Å². The molecular weight excluding hydrogens is 360 g/mol. The van der Waals surface area contributed by atoms with Gasteiger partial charge in [0.2, 0.25) is 0 Å². The monoisotopic (exact) mass is 398 g/mol. The van der Waals surface area contributed by atoms with E-state index in [-0.39, 0.29) is 28.8 Å². The molecule has 6 atom stereocenters. The first-order valence-corrected chi connectivity index (χ1v) is 12.4. The van der Waals surface area contributed by atoms with E-state index in [0.29, 0.717) is 17.6 Å². The van der Waals surface area contributed by atoms with Crippen LogP contribution in [0.15, 0.2) is 11.6 Å². The Hall–Kier alpha value is -1.12. The summed E-state index contributed by atoms with van der Waals surface area (Å²) in [4.78, 5) is 24.9. The van der Waals surface area contributed by atoms with Gasteiger partial charge in [-0.05, 0) is 87.0 Å². The summed E-state index contributed by atoms with van der Waals surface area (Å²) in [6.07, 6.45) is 16.6. The minimum Gasteiger partial charge on any atom is -0.462 e. The predicted molar refractivity (Wildman–Crippen MR) is 113 cm³/mol. The predicted octanol–water partition coefficient (Wildman–Crippen LogP) is 6.01. The van der Waals surface area contributed by atoms with Crippen molar-refractivity contribution in [3.05, 3.63) is 11.6 Å². The Bertz CT molecular complexity index is 717. The molecule has 0 aromatic heterocycles. The van der Waals surface area contributed by atoms with Crippen molar-refractivity contribution in [2.45, 2.75) is 103 Å². The molecule has 0 heterocycles. The number of carbonyl (C=O) groups is 2. The molecule has 0 unspecified atom stereocenters. The molecular formula is C26H38O3. The van der Waals surface area contributed by atoms with Crippen molar-refractivity contribution in [2.75, 3.05) is 0 Å². The fourth-order valence-electron chi connectivity index (χ4n) is 8.28. The normalized spacial score (nSPS) is 45.0. The van der Waals surface area contributed by atoms with Gasteiger partial charge < -0.3 is 4.74 Å². The molecule has 160 valence electrons. The zero-order valence-corrected chi connectivity index (χ0v) is 18.4. The molecule has 0 aliphatic heterocycles. The third kappa shape index (κ3) is 3.13. The number of hydrogen-bond acceptors (Lipinski definition) is 3. The molecule has 0 saturated heterocycles. The lowest BCUT2D eigenvalue weighted by atomic mass is 9.47. The largest absolute Gasteiger partial charge is 0.462 e. The Balaban J connectivity index is 1.32. The number of rotatable bonds is 2. The highest BCUT2D eigenvalue weighted by atomic mass is 16.5. The summed E-state index contributed by atoms with van der Waals surface area (Å²) in [6.45, 7) is 4.87. The molecule has 3 heteroatoms. The van der Waals surface area contributed by atoms with Gasteiger partial charge in [0, 0.05) is 11.8 Å². The molecule has 5 aliphatic rings. The second kappa shape index (κ2) is 7.24. The molecule has 0 amide bonds. The van der Waals surface area contributed by atoms with Crippen LogP contribution in [-0.4, -0.2) is 17.9 Å². The summed E-state index contributed by atoms with van der Waals surface area (Å²) in [5.74, 6) is 2.73. The average molecular weight is 399 g/mol. The van der Waals surface area contributed by atoms with Crippen LogP contribution in [-0.2, 0) is 14.3 Å². The third-order valence-electron chi connectivity index (χ3n) is 10.1. The average Bonchev–Trinajstić information content (AvgIpc) is 3.05. The van der Waals surface area contributed by atoms with Crippen molar-refractivity contribution in [1.82, 2.24) is 0 Å². The van der Waals surface area contributed by atoms with Crippen LogP contribution < -0.4 is 0 Å². The van der Waals surface area contributed by atoms with Gasteiger partial charge in [-0.15, -0.1) is 0 Å². The second-order valence-corrected chi connectivity index (χ2v) is 11.4. The number of esters is 1. The van der Waals surface area contributed by atoms with E-state index < -0.39 is 0 Å². The van der Waals surface area contributed by atoms with E-state index in [1.54, 1.807) is 0 Å². The SMILES string of the molecule is C[C@]12CC[C@H]3[C@@H](CCC4=CC(=O)CC[C@@]43C)[C@@H]1CC[C@@H]2OC(=O)C1CCCCC1. The van der Waals surface area contributed by atoms with Crippen LogP contribution in [0, 0.1) is 34.5 Å². The lowest BCUT2D eigenvalue weighted by molar-refractivity contribution is -0.165. The van der Waals surface area contributed by atoms with E-state index in [4.69, 9.17) is 4.74 Å². The summed E-state index contributed by atoms with van der Waals surface area (Å²) in [6, 6.07) is 0. The third-order valence-corrected chi connectivity index (χ3v) is 10.1. The maximum absolute atomic E-state index is 12.9. The molecule has 3 nitrogen and oxygen atoms in total. The second-order valence-electron chi connectivity index (χ2n) is 11.4. The van der Waals surface area contributed by atoms with E-state index in [2.05, 4.69) is 13.8 Å². The molecule has 4 saturated carbocycles. The highest BCUT2D eigenvalue weighted by molar-refractivity contribution is 5.91. The molecule has 0 aromatic carbocycles. The number of ether oxygens (including phenoxy) is 1. The molecule has 0 spiro atoms. The first-order valence-electron chi connectivity index (χ1n) is 12.4. The smallest absolute Gasteiger partial charge is 0.309 e. The van der Waals surface area contributed by atoms with Gasteiger partial charge in [-0.1, -0.05) is 38.7 Å². The molecule has 5 aliphatic carbocycles. The first-order chi connectivity index (χ1) is 13.9. The van der Waals surface area contributed by atoms with Crippen LogP contribution in [0.3, 0.4) is 0 Å². The molecule has 0 radical (unpaired) electrons. The van der Waals surface area contributed by atoms with Crippen molar-refractivity contribution in [2.24, 2.45) is 34.5 Å². The quantitative estimate of drug-likeness (QED) is 0.535. The summed E-state index contributed by atoms with van der Waals surface area (Å²) in [5, 5.41) is 0. The van der Waals surface area contributed by atoms with Crippen LogP contribution in [0.2, 0.25) is 0 Å². The molecule has 0 N–H and O–H groups in total. The number of carbonyl (C=O) groups excluding carboxylic acids is 2. The van der Waals surface area contributed by atoms with Crippen LogP contribution in [0.1, 0.15) is 97.3 Å². The minimum absolute atomic E-state index is 0.102. The van der Waals surface area contributed by atoms with Gasteiger partial charge in [0.05, 0.1) is 5.92 Å². The van der Waals surface area contributed by atoms with Crippen molar-refractivity contribution >= 4 is 11.8 Å². The van der Waals surface area contributed by atoms with Crippen molar-refractivity contribution in [3.63, 3.8) is 0 Å². The molecule has 0 aromatic rings. The molecule has 0 bridgehead atoms. The van der Waals surface area contributed by atoms with Crippen LogP contribution in [0.25, 0.3) is 0 Å². The first kappa shape index (κ1) is 19.8. The Morgan fingerprint density at radius 3 is 2.52 bits per heavy atom. The van der Waals surface area contributed by atoms with E-state index >= 15 is 0 Å². The Morgan fingerprint density at radius 2 is 1.72 bits per heavy atom. The fourth-order valence-corrected chi connectivity index (χ4v) is 8.28. The lowest BCUT2D eigenvalue weighted by Gasteiger charge is -2.57. The zero-order chi connectivity index (χ0) is 20.2. The van der Waals surface area contributed by atoms with E-state index in [9.17, 15) is 9.59 Å². The van der Waals surface area contributed by atoms with Gasteiger partial charge in [0.25, 0.3) is 0 Å². The van der Waals surface area contributed by atoms with Crippen molar-refractivity contribution < 1.29 is 14.3 Å². The summed E-state index contributed by atoms with van der Waals surface area (Å²) >= 11 is 0. The number of allylic oxidation sites excluding steroid dienone is 1. The van der Waals surface area contributed by atoms with Crippen LogP contribution in [0.4, 0.5) is 0 Å². The summed E-state index contributed by atoms with van der Waals surface area (Å²) in [7, 11) is 0. The Kier molecular flexibility index (Phi) is 4.95. The van der Waals surface area contributed by atoms with Crippen LogP contribution in [0.5, 0.6) is 0 Å². The van der Waals surface area contributed by atoms with Gasteiger partial charge in [-0.3, -0.25) is 9.59 Å². The highest BCUT2D eigenvalue weighted by Crippen LogP contribution is 2.65. The number of hydrogen-bond donors (Lipinski definition) is 0. The van der Waals surface area contributed by atoms with Crippen molar-refractivity contribution in [3.8, 4) is 0 Å². The highest BCUT2D eigenvalue weighted by Gasteiger charge is 2.60. The van der Waals surface area contributed by atoms with E-state index in [0.717, 1.165) is 44.4 Å². The standard InChI is InChI=1S/C26H38O3/c1-25-14-12-19(27)16-18(25)8-9-20-21-10-11-23(26(21,2)15-13-22(20)25)29-24(28)17-6-4-3-5-7-17/h16-17,20-23H,3-15H2,1-2H3/t20-,21-,22-,23-,25-,26-/m0/s1. The molecule has 29 heavy (non-hydrogen) atoms.